The van der Waals surface area contributed by atoms with E-state index in [0.717, 1.165) is 22.3 Å². The lowest BCUT2D eigenvalue weighted by molar-refractivity contribution is -0.137. The Balaban J connectivity index is 1.64. The molecule has 0 heterocycles. The molecule has 0 saturated heterocycles. The smallest absolute Gasteiger partial charge is 0.407 e. The van der Waals surface area contributed by atoms with Crippen molar-refractivity contribution in [3.63, 3.8) is 0 Å². The first kappa shape index (κ1) is 19.5. The molecule has 0 radical (unpaired) electrons. The first-order valence-corrected chi connectivity index (χ1v) is 8.94. The number of benzene rings is 2. The Morgan fingerprint density at radius 1 is 1.11 bits per heavy atom. The van der Waals surface area contributed by atoms with Crippen LogP contribution in [0.25, 0.3) is 11.1 Å². The summed E-state index contributed by atoms with van der Waals surface area (Å²) in [5, 5.41) is 11.5. The molecule has 2 N–H and O–H groups in total. The zero-order valence-electron chi connectivity index (χ0n) is 15.3. The Kier molecular flexibility index (Phi) is 6.30. The lowest BCUT2D eigenvalue weighted by Crippen LogP contribution is -2.40. The van der Waals surface area contributed by atoms with Crippen LogP contribution in [0, 0.1) is 12.3 Å². The minimum absolute atomic E-state index is 0.000690. The zero-order valence-corrected chi connectivity index (χ0v) is 15.3. The third-order valence-corrected chi connectivity index (χ3v) is 4.59. The normalized spacial score (nSPS) is 13.1. The Morgan fingerprint density at radius 3 is 2.29 bits per heavy atom. The van der Waals surface area contributed by atoms with Crippen molar-refractivity contribution in [2.75, 3.05) is 19.8 Å². The number of alkyl carbamates (subject to hydrolysis) is 1. The number of hydrogen-bond donors (Lipinski definition) is 2. The fraction of sp³-hybridized carbons (Fsp3) is 0.273. The van der Waals surface area contributed by atoms with E-state index in [1.54, 1.807) is 0 Å². The molecule has 0 saturated carbocycles. The van der Waals surface area contributed by atoms with Gasteiger partial charge in [0.05, 0.1) is 19.1 Å². The predicted octanol–water partition coefficient (Wildman–Crippen LogP) is 3.02. The van der Waals surface area contributed by atoms with Crippen LogP contribution in [-0.4, -0.2) is 43.0 Å². The fourth-order valence-corrected chi connectivity index (χ4v) is 3.43. The highest BCUT2D eigenvalue weighted by Gasteiger charge is 2.29. The molecule has 28 heavy (non-hydrogen) atoms. The van der Waals surface area contributed by atoms with Gasteiger partial charge in [-0.3, -0.25) is 4.79 Å². The summed E-state index contributed by atoms with van der Waals surface area (Å²) < 4.78 is 10.6. The molecule has 2 aromatic carbocycles. The van der Waals surface area contributed by atoms with Crippen molar-refractivity contribution >= 4 is 12.1 Å². The van der Waals surface area contributed by atoms with Crippen molar-refractivity contribution < 1.29 is 24.2 Å². The van der Waals surface area contributed by atoms with Gasteiger partial charge in [0.1, 0.15) is 13.2 Å². The van der Waals surface area contributed by atoms with E-state index >= 15 is 0 Å². The van der Waals surface area contributed by atoms with Crippen LogP contribution >= 0.6 is 0 Å². The van der Waals surface area contributed by atoms with Crippen molar-refractivity contribution in [2.24, 2.45) is 0 Å². The predicted molar refractivity (Wildman–Crippen MR) is 104 cm³/mol. The molecular weight excluding hydrogens is 358 g/mol. The third kappa shape index (κ3) is 4.51. The van der Waals surface area contributed by atoms with Crippen molar-refractivity contribution in [1.82, 2.24) is 5.32 Å². The summed E-state index contributed by atoms with van der Waals surface area (Å²) in [5.74, 6) is 1.19. The average Bonchev–Trinajstić information content (AvgIpc) is 3.00. The number of fused-ring (bicyclic) bond motifs is 3. The van der Waals surface area contributed by atoms with Gasteiger partial charge in [0, 0.05) is 5.92 Å². The number of carbonyl (C=O) groups is 2. The maximum Gasteiger partial charge on any atom is 0.407 e. The van der Waals surface area contributed by atoms with Crippen LogP contribution in [0.1, 0.15) is 23.5 Å². The highest BCUT2D eigenvalue weighted by molar-refractivity contribution is 5.79. The molecule has 0 spiro atoms. The van der Waals surface area contributed by atoms with Gasteiger partial charge in [-0.05, 0) is 22.3 Å². The summed E-state index contributed by atoms with van der Waals surface area (Å²) in [6.45, 7) is 0.202. The fourth-order valence-electron chi connectivity index (χ4n) is 3.43. The molecule has 1 aliphatic rings. The molecule has 144 valence electrons. The second kappa shape index (κ2) is 9.07. The van der Waals surface area contributed by atoms with Crippen LogP contribution < -0.4 is 5.32 Å². The van der Waals surface area contributed by atoms with Crippen LogP contribution in [0.3, 0.4) is 0 Å². The van der Waals surface area contributed by atoms with Crippen LogP contribution in [0.4, 0.5) is 4.79 Å². The molecule has 0 fully saturated rings. The van der Waals surface area contributed by atoms with E-state index in [1.165, 1.54) is 0 Å². The highest BCUT2D eigenvalue weighted by atomic mass is 16.5. The summed E-state index contributed by atoms with van der Waals surface area (Å²) in [7, 11) is 0. The molecule has 1 amide bonds. The van der Waals surface area contributed by atoms with E-state index in [2.05, 4.69) is 23.4 Å². The van der Waals surface area contributed by atoms with Gasteiger partial charge in [0.2, 0.25) is 0 Å². The molecule has 2 aromatic rings. The SMILES string of the molecule is C#CCOC[C@@H](CC(=O)O)NC(=O)OCC1c2ccccc2-c2ccccc21. The van der Waals surface area contributed by atoms with Crippen molar-refractivity contribution in [2.45, 2.75) is 18.4 Å². The number of hydrogen-bond acceptors (Lipinski definition) is 4. The number of terminal acetylenes is 1. The summed E-state index contributed by atoms with van der Waals surface area (Å²) in [5.41, 5.74) is 4.49. The van der Waals surface area contributed by atoms with E-state index in [9.17, 15) is 9.59 Å². The number of ether oxygens (including phenoxy) is 2. The molecule has 0 bridgehead atoms. The minimum Gasteiger partial charge on any atom is -0.481 e. The summed E-state index contributed by atoms with van der Waals surface area (Å²) in [6.07, 6.45) is 4.14. The minimum atomic E-state index is -1.05. The molecule has 6 heteroatoms. The highest BCUT2D eigenvalue weighted by Crippen LogP contribution is 2.44. The Hall–Kier alpha value is -3.30. The number of rotatable bonds is 8. The summed E-state index contributed by atoms with van der Waals surface area (Å²) in [6, 6.07) is 15.3. The lowest BCUT2D eigenvalue weighted by atomic mass is 9.98. The largest absolute Gasteiger partial charge is 0.481 e. The first-order chi connectivity index (χ1) is 13.6. The van der Waals surface area contributed by atoms with Crippen LogP contribution in [0.15, 0.2) is 48.5 Å². The molecule has 1 aliphatic carbocycles. The van der Waals surface area contributed by atoms with Gasteiger partial charge in [-0.25, -0.2) is 4.79 Å². The Labute approximate surface area is 163 Å². The van der Waals surface area contributed by atoms with E-state index < -0.39 is 18.1 Å². The monoisotopic (exact) mass is 379 g/mol. The van der Waals surface area contributed by atoms with E-state index in [4.69, 9.17) is 21.0 Å². The number of carboxylic acids is 1. The molecule has 1 atom stereocenters. The van der Waals surface area contributed by atoms with Gasteiger partial charge in [-0.1, -0.05) is 54.5 Å². The summed E-state index contributed by atoms with van der Waals surface area (Å²) >= 11 is 0. The van der Waals surface area contributed by atoms with Gasteiger partial charge in [-0.15, -0.1) is 6.42 Å². The van der Waals surface area contributed by atoms with Gasteiger partial charge in [0.25, 0.3) is 0 Å². The second-order valence-electron chi connectivity index (χ2n) is 6.48. The Morgan fingerprint density at radius 2 is 1.71 bits per heavy atom. The number of carboxylic acid groups (broad SMARTS) is 1. The Bertz CT molecular complexity index is 856. The molecule has 0 unspecified atom stereocenters. The molecule has 0 aliphatic heterocycles. The number of amides is 1. The maximum atomic E-state index is 12.2. The second-order valence-corrected chi connectivity index (χ2v) is 6.48. The quantitative estimate of drug-likeness (QED) is 0.544. The van der Waals surface area contributed by atoms with Gasteiger partial charge < -0.3 is 19.9 Å². The van der Waals surface area contributed by atoms with Crippen molar-refractivity contribution in [3.8, 4) is 23.5 Å². The first-order valence-electron chi connectivity index (χ1n) is 8.94. The van der Waals surface area contributed by atoms with E-state index in [0.29, 0.717) is 0 Å². The van der Waals surface area contributed by atoms with Crippen LogP contribution in [0.5, 0.6) is 0 Å². The van der Waals surface area contributed by atoms with Gasteiger partial charge in [0.15, 0.2) is 0 Å². The van der Waals surface area contributed by atoms with Crippen LogP contribution in [0.2, 0.25) is 0 Å². The zero-order chi connectivity index (χ0) is 19.9. The summed E-state index contributed by atoms with van der Waals surface area (Å²) in [4.78, 5) is 23.2. The average molecular weight is 379 g/mol. The topological polar surface area (TPSA) is 84.9 Å². The number of aliphatic carboxylic acids is 1. The molecule has 3 rings (SSSR count). The molecule has 6 nitrogen and oxygen atoms in total. The number of nitrogens with one attached hydrogen (secondary N) is 1. The van der Waals surface area contributed by atoms with Crippen molar-refractivity contribution in [1.29, 1.82) is 0 Å². The lowest BCUT2D eigenvalue weighted by Gasteiger charge is -2.18. The number of carbonyl (C=O) groups excluding carboxylic acids is 1. The third-order valence-electron chi connectivity index (χ3n) is 4.59. The van der Waals surface area contributed by atoms with Crippen molar-refractivity contribution in [3.05, 3.63) is 59.7 Å². The molecule has 0 aromatic heterocycles. The molecular formula is C22H21NO5. The van der Waals surface area contributed by atoms with Crippen LogP contribution in [-0.2, 0) is 14.3 Å². The standard InChI is InChI=1S/C22H21NO5/c1-2-11-27-13-15(12-21(24)25)23-22(26)28-14-20-18-9-5-3-7-16(18)17-8-4-6-10-19(17)20/h1,3-10,15,20H,11-14H2,(H,23,26)(H,24,25)/t15-/m1/s1. The van der Waals surface area contributed by atoms with Gasteiger partial charge >= 0.3 is 12.1 Å². The van der Waals surface area contributed by atoms with E-state index in [-0.39, 0.29) is 32.2 Å². The van der Waals surface area contributed by atoms with E-state index in [1.807, 2.05) is 36.4 Å². The maximum absolute atomic E-state index is 12.2. The van der Waals surface area contributed by atoms with Gasteiger partial charge in [-0.2, -0.15) is 0 Å².